The van der Waals surface area contributed by atoms with Crippen molar-refractivity contribution < 1.29 is 14.3 Å². The van der Waals surface area contributed by atoms with E-state index in [0.29, 0.717) is 30.8 Å². The summed E-state index contributed by atoms with van der Waals surface area (Å²) >= 11 is 0. The molecule has 0 spiro atoms. The molecule has 1 heterocycles. The quantitative estimate of drug-likeness (QED) is 0.638. The fraction of sp³-hybridized carbons (Fsp3) is 0.130. The molecule has 1 aliphatic rings. The minimum atomic E-state index is -0.230. The number of ether oxygens (including phenoxy) is 1. The molecule has 0 saturated heterocycles. The molecule has 0 bridgehead atoms. The van der Waals surface area contributed by atoms with E-state index in [1.807, 2.05) is 54.6 Å². The second kappa shape index (κ2) is 7.96. The van der Waals surface area contributed by atoms with E-state index in [0.717, 1.165) is 17.0 Å². The van der Waals surface area contributed by atoms with E-state index < -0.39 is 0 Å². The highest BCUT2D eigenvalue weighted by atomic mass is 16.5. The molecular weight excluding hydrogens is 352 g/mol. The molecule has 0 unspecified atom stereocenters. The third-order valence-corrected chi connectivity index (χ3v) is 4.65. The Balaban J connectivity index is 1.28. The Morgan fingerprint density at radius 2 is 1.36 bits per heavy atom. The van der Waals surface area contributed by atoms with Gasteiger partial charge in [0.2, 0.25) is 0 Å². The van der Waals surface area contributed by atoms with Crippen molar-refractivity contribution in [3.8, 4) is 5.75 Å². The first kappa shape index (κ1) is 17.8. The first-order chi connectivity index (χ1) is 13.7. The van der Waals surface area contributed by atoms with E-state index in [2.05, 4.69) is 5.32 Å². The number of hydrogen-bond acceptors (Lipinski definition) is 4. The van der Waals surface area contributed by atoms with Crippen LogP contribution in [0.3, 0.4) is 0 Å². The van der Waals surface area contributed by atoms with E-state index in [1.54, 1.807) is 24.3 Å². The highest BCUT2D eigenvalue weighted by molar-refractivity contribution is 6.21. The number of carbonyl (C=O) groups excluding carboxylic acids is 2. The van der Waals surface area contributed by atoms with Gasteiger partial charge in [0.1, 0.15) is 12.4 Å². The first-order valence-corrected chi connectivity index (χ1v) is 9.18. The molecule has 2 amide bonds. The maximum atomic E-state index is 12.3. The van der Waals surface area contributed by atoms with Crippen LogP contribution in [0.15, 0.2) is 78.9 Å². The third-order valence-electron chi connectivity index (χ3n) is 4.65. The van der Waals surface area contributed by atoms with Gasteiger partial charge in [-0.3, -0.25) is 14.5 Å². The fourth-order valence-electron chi connectivity index (χ4n) is 3.16. The van der Waals surface area contributed by atoms with E-state index in [9.17, 15) is 9.59 Å². The zero-order valence-corrected chi connectivity index (χ0v) is 15.3. The van der Waals surface area contributed by atoms with Crippen molar-refractivity contribution in [2.75, 3.05) is 18.4 Å². The van der Waals surface area contributed by atoms with Crippen molar-refractivity contribution in [3.05, 3.63) is 95.6 Å². The molecule has 0 fully saturated rings. The Morgan fingerprint density at radius 3 is 2.00 bits per heavy atom. The molecule has 3 aromatic carbocycles. The molecule has 140 valence electrons. The summed E-state index contributed by atoms with van der Waals surface area (Å²) in [5.74, 6) is 0.328. The lowest BCUT2D eigenvalue weighted by Gasteiger charge is -2.15. The van der Waals surface area contributed by atoms with Crippen molar-refractivity contribution in [1.82, 2.24) is 4.90 Å². The lowest BCUT2D eigenvalue weighted by molar-refractivity contribution is 0.0660. The van der Waals surface area contributed by atoms with Gasteiger partial charge in [-0.05, 0) is 42.0 Å². The molecule has 0 radical (unpaired) electrons. The van der Waals surface area contributed by atoms with Gasteiger partial charge in [0, 0.05) is 18.8 Å². The molecule has 0 aromatic heterocycles. The van der Waals surface area contributed by atoms with Gasteiger partial charge < -0.3 is 10.1 Å². The maximum Gasteiger partial charge on any atom is 0.261 e. The minimum Gasteiger partial charge on any atom is -0.489 e. The predicted octanol–water partition coefficient (Wildman–Crippen LogP) is 3.97. The van der Waals surface area contributed by atoms with Crippen LogP contribution in [-0.2, 0) is 6.61 Å². The van der Waals surface area contributed by atoms with E-state index in [1.165, 1.54) is 4.90 Å². The third kappa shape index (κ3) is 3.74. The Hall–Kier alpha value is -3.60. The van der Waals surface area contributed by atoms with Crippen LogP contribution in [0.5, 0.6) is 5.75 Å². The second-order valence-corrected chi connectivity index (χ2v) is 6.53. The molecule has 0 aliphatic carbocycles. The number of fused-ring (bicyclic) bond motifs is 1. The van der Waals surface area contributed by atoms with Crippen molar-refractivity contribution in [3.63, 3.8) is 0 Å². The number of nitrogens with zero attached hydrogens (tertiary/aromatic N) is 1. The minimum absolute atomic E-state index is 0.230. The summed E-state index contributed by atoms with van der Waals surface area (Å²) in [7, 11) is 0. The van der Waals surface area contributed by atoms with Crippen LogP contribution in [0.25, 0.3) is 0 Å². The van der Waals surface area contributed by atoms with Crippen LogP contribution in [-0.4, -0.2) is 29.8 Å². The summed E-state index contributed by atoms with van der Waals surface area (Å²) in [5.41, 5.74) is 2.98. The Bertz CT molecular complexity index is 949. The summed E-state index contributed by atoms with van der Waals surface area (Å²) < 4.78 is 5.77. The summed E-state index contributed by atoms with van der Waals surface area (Å²) in [5, 5.41) is 3.24. The highest BCUT2D eigenvalue weighted by Gasteiger charge is 2.34. The normalized spacial score (nSPS) is 12.8. The molecule has 1 aliphatic heterocycles. The van der Waals surface area contributed by atoms with Gasteiger partial charge in [0.05, 0.1) is 11.1 Å². The number of benzene rings is 3. The maximum absolute atomic E-state index is 12.3. The average molecular weight is 372 g/mol. The van der Waals surface area contributed by atoms with Gasteiger partial charge >= 0.3 is 0 Å². The number of hydrogen-bond donors (Lipinski definition) is 1. The van der Waals surface area contributed by atoms with Crippen LogP contribution in [0.1, 0.15) is 26.3 Å². The van der Waals surface area contributed by atoms with Crippen molar-refractivity contribution in [2.24, 2.45) is 0 Å². The Morgan fingerprint density at radius 1 is 0.750 bits per heavy atom. The molecule has 5 heteroatoms. The van der Waals surface area contributed by atoms with Crippen molar-refractivity contribution in [1.29, 1.82) is 0 Å². The first-order valence-electron chi connectivity index (χ1n) is 9.18. The Labute approximate surface area is 163 Å². The number of nitrogens with one attached hydrogen (secondary N) is 1. The molecule has 0 saturated carbocycles. The van der Waals surface area contributed by atoms with Crippen LogP contribution in [0.2, 0.25) is 0 Å². The molecule has 28 heavy (non-hydrogen) atoms. The summed E-state index contributed by atoms with van der Waals surface area (Å²) in [4.78, 5) is 26.0. The molecular formula is C23H20N2O3. The predicted molar refractivity (Wildman–Crippen MR) is 108 cm³/mol. The number of amides is 2. The van der Waals surface area contributed by atoms with Gasteiger partial charge in [-0.15, -0.1) is 0 Å². The number of anilines is 1. The molecule has 3 aromatic rings. The number of carbonyl (C=O) groups is 2. The van der Waals surface area contributed by atoms with E-state index in [-0.39, 0.29) is 11.8 Å². The second-order valence-electron chi connectivity index (χ2n) is 6.53. The topological polar surface area (TPSA) is 58.6 Å². The SMILES string of the molecule is O=C1c2ccccc2C(=O)N1CCNc1ccc(OCc2ccccc2)cc1. The van der Waals surface area contributed by atoms with Gasteiger partial charge in [-0.2, -0.15) is 0 Å². The number of imide groups is 1. The zero-order chi connectivity index (χ0) is 19.3. The van der Waals surface area contributed by atoms with E-state index >= 15 is 0 Å². The Kier molecular flexibility index (Phi) is 5.06. The van der Waals surface area contributed by atoms with E-state index in [4.69, 9.17) is 4.74 Å². The lowest BCUT2D eigenvalue weighted by atomic mass is 10.1. The van der Waals surface area contributed by atoms with Crippen LogP contribution in [0.4, 0.5) is 5.69 Å². The highest BCUT2D eigenvalue weighted by Crippen LogP contribution is 2.22. The fourth-order valence-corrected chi connectivity index (χ4v) is 3.16. The zero-order valence-electron chi connectivity index (χ0n) is 15.3. The molecule has 5 nitrogen and oxygen atoms in total. The van der Waals surface area contributed by atoms with Gasteiger partial charge in [-0.25, -0.2) is 0 Å². The van der Waals surface area contributed by atoms with Crippen LogP contribution < -0.4 is 10.1 Å². The van der Waals surface area contributed by atoms with Gasteiger partial charge in [0.15, 0.2) is 0 Å². The van der Waals surface area contributed by atoms with Crippen molar-refractivity contribution in [2.45, 2.75) is 6.61 Å². The summed E-state index contributed by atoms with van der Waals surface area (Å²) in [6.07, 6.45) is 0. The van der Waals surface area contributed by atoms with Gasteiger partial charge in [0.25, 0.3) is 11.8 Å². The van der Waals surface area contributed by atoms with Crippen LogP contribution >= 0.6 is 0 Å². The lowest BCUT2D eigenvalue weighted by Crippen LogP contribution is -2.34. The van der Waals surface area contributed by atoms with Crippen LogP contribution in [0, 0.1) is 0 Å². The summed E-state index contributed by atoms with van der Waals surface area (Å²) in [6, 6.07) is 24.6. The summed E-state index contributed by atoms with van der Waals surface area (Å²) in [6.45, 7) is 1.32. The monoisotopic (exact) mass is 372 g/mol. The largest absolute Gasteiger partial charge is 0.489 e. The molecule has 4 rings (SSSR count). The average Bonchev–Trinajstić information content (AvgIpc) is 2.99. The standard InChI is InChI=1S/C23H20N2O3/c26-22-20-8-4-5-9-21(20)23(27)25(22)15-14-24-18-10-12-19(13-11-18)28-16-17-6-2-1-3-7-17/h1-13,24H,14-16H2. The smallest absolute Gasteiger partial charge is 0.261 e. The molecule has 1 N–H and O–H groups in total. The molecule has 0 atom stereocenters. The van der Waals surface area contributed by atoms with Crippen molar-refractivity contribution >= 4 is 17.5 Å². The van der Waals surface area contributed by atoms with Gasteiger partial charge in [-0.1, -0.05) is 42.5 Å². The number of rotatable bonds is 7.